The van der Waals surface area contributed by atoms with Gasteiger partial charge in [0, 0.05) is 0 Å². The van der Waals surface area contributed by atoms with Gasteiger partial charge in [0.25, 0.3) is 5.91 Å². The maximum absolute atomic E-state index is 12.3. The third-order valence-corrected chi connectivity index (χ3v) is 4.56. The first-order valence-electron chi connectivity index (χ1n) is 9.03. The number of para-hydroxylation sites is 2. The fraction of sp³-hybridized carbons (Fsp3) is 0.130. The molecule has 3 aromatic rings. The number of anilines is 1. The van der Waals surface area contributed by atoms with Crippen LogP contribution < -0.4 is 9.64 Å². The zero-order valence-corrected chi connectivity index (χ0v) is 15.2. The van der Waals surface area contributed by atoms with Crippen LogP contribution in [-0.2, 0) is 20.9 Å². The van der Waals surface area contributed by atoms with Crippen LogP contribution in [0.25, 0.3) is 11.1 Å². The van der Waals surface area contributed by atoms with Gasteiger partial charge in [-0.2, -0.15) is 0 Å². The van der Waals surface area contributed by atoms with Crippen molar-refractivity contribution in [1.82, 2.24) is 0 Å². The first kappa shape index (κ1) is 17.8. The standard InChI is InChI=1S/C23H19NO4/c25-22-16-27-21-9-5-4-8-20(21)24(22)14-23(26)28-15-17-10-12-19(13-11-17)18-6-2-1-3-7-18/h1-13H,14-16H2. The normalized spacial score (nSPS) is 12.9. The molecule has 1 aliphatic heterocycles. The van der Waals surface area contributed by atoms with Gasteiger partial charge in [0.05, 0.1) is 5.69 Å². The lowest BCUT2D eigenvalue weighted by Crippen LogP contribution is -2.42. The first-order valence-corrected chi connectivity index (χ1v) is 9.03. The van der Waals surface area contributed by atoms with Crippen LogP contribution in [0, 0.1) is 0 Å². The van der Waals surface area contributed by atoms with Crippen molar-refractivity contribution < 1.29 is 19.1 Å². The highest BCUT2D eigenvalue weighted by molar-refractivity contribution is 6.01. The van der Waals surface area contributed by atoms with Gasteiger partial charge in [0.2, 0.25) is 0 Å². The minimum Gasteiger partial charge on any atom is -0.482 e. The van der Waals surface area contributed by atoms with Crippen molar-refractivity contribution >= 4 is 17.6 Å². The maximum Gasteiger partial charge on any atom is 0.326 e. The van der Waals surface area contributed by atoms with E-state index in [0.717, 1.165) is 16.7 Å². The molecule has 0 aromatic heterocycles. The molecule has 0 unspecified atom stereocenters. The van der Waals surface area contributed by atoms with Crippen LogP contribution in [0.1, 0.15) is 5.56 Å². The number of ether oxygens (including phenoxy) is 2. The minimum absolute atomic E-state index is 0.0781. The Balaban J connectivity index is 1.37. The van der Waals surface area contributed by atoms with Crippen molar-refractivity contribution in [3.05, 3.63) is 84.4 Å². The molecule has 0 radical (unpaired) electrons. The summed E-state index contributed by atoms with van der Waals surface area (Å²) in [6, 6.07) is 25.1. The number of rotatable bonds is 5. The van der Waals surface area contributed by atoms with Crippen molar-refractivity contribution in [1.29, 1.82) is 0 Å². The third-order valence-electron chi connectivity index (χ3n) is 4.56. The molecule has 0 bridgehead atoms. The molecule has 0 saturated carbocycles. The Morgan fingerprint density at radius 3 is 2.36 bits per heavy atom. The number of carbonyl (C=O) groups excluding carboxylic acids is 2. The largest absolute Gasteiger partial charge is 0.482 e. The summed E-state index contributed by atoms with van der Waals surface area (Å²) in [5.41, 5.74) is 3.71. The van der Waals surface area contributed by atoms with E-state index in [4.69, 9.17) is 9.47 Å². The molecule has 28 heavy (non-hydrogen) atoms. The van der Waals surface area contributed by atoms with E-state index in [1.807, 2.05) is 60.7 Å². The van der Waals surface area contributed by atoms with Gasteiger partial charge in [-0.3, -0.25) is 14.5 Å². The summed E-state index contributed by atoms with van der Waals surface area (Å²) in [5.74, 6) is -0.133. The molecule has 0 spiro atoms. The monoisotopic (exact) mass is 373 g/mol. The summed E-state index contributed by atoms with van der Waals surface area (Å²) in [7, 11) is 0. The van der Waals surface area contributed by atoms with Crippen molar-refractivity contribution in [2.45, 2.75) is 6.61 Å². The van der Waals surface area contributed by atoms with Crippen molar-refractivity contribution in [2.75, 3.05) is 18.1 Å². The van der Waals surface area contributed by atoms with Crippen LogP contribution in [0.15, 0.2) is 78.9 Å². The average molecular weight is 373 g/mol. The molecule has 3 aromatic carbocycles. The van der Waals surface area contributed by atoms with Crippen molar-refractivity contribution in [2.24, 2.45) is 0 Å². The molecule has 0 N–H and O–H groups in total. The Labute approximate surface area is 163 Å². The van der Waals surface area contributed by atoms with Crippen LogP contribution in [0.3, 0.4) is 0 Å². The molecule has 1 aliphatic rings. The van der Waals surface area contributed by atoms with Gasteiger partial charge < -0.3 is 9.47 Å². The Hall–Kier alpha value is -3.60. The Bertz CT molecular complexity index is 983. The van der Waals surface area contributed by atoms with Crippen LogP contribution in [0.4, 0.5) is 5.69 Å². The van der Waals surface area contributed by atoms with Crippen molar-refractivity contribution in [3.8, 4) is 16.9 Å². The van der Waals surface area contributed by atoms with Gasteiger partial charge in [-0.05, 0) is 28.8 Å². The summed E-state index contributed by atoms with van der Waals surface area (Å²) < 4.78 is 10.7. The van der Waals surface area contributed by atoms with Gasteiger partial charge in [0.15, 0.2) is 6.61 Å². The summed E-state index contributed by atoms with van der Waals surface area (Å²) in [6.45, 7) is -0.0549. The van der Waals surface area contributed by atoms with Gasteiger partial charge in [0.1, 0.15) is 18.9 Å². The highest BCUT2D eigenvalue weighted by Crippen LogP contribution is 2.31. The number of benzene rings is 3. The summed E-state index contributed by atoms with van der Waals surface area (Å²) >= 11 is 0. The Morgan fingerprint density at radius 1 is 0.893 bits per heavy atom. The second-order valence-electron chi connectivity index (χ2n) is 6.46. The zero-order chi connectivity index (χ0) is 19.3. The number of fused-ring (bicyclic) bond motifs is 1. The molecule has 140 valence electrons. The first-order chi connectivity index (χ1) is 13.7. The lowest BCUT2D eigenvalue weighted by molar-refractivity contribution is -0.144. The zero-order valence-electron chi connectivity index (χ0n) is 15.2. The van der Waals surface area contributed by atoms with E-state index in [2.05, 4.69) is 0 Å². The van der Waals surface area contributed by atoms with Crippen molar-refractivity contribution in [3.63, 3.8) is 0 Å². The van der Waals surface area contributed by atoms with Gasteiger partial charge in [-0.15, -0.1) is 0 Å². The molecule has 0 fully saturated rings. The van der Waals surface area contributed by atoms with E-state index < -0.39 is 5.97 Å². The second kappa shape index (κ2) is 7.96. The van der Waals surface area contributed by atoms with E-state index in [0.29, 0.717) is 11.4 Å². The number of esters is 1. The van der Waals surface area contributed by atoms with Crippen LogP contribution in [-0.4, -0.2) is 25.0 Å². The molecule has 5 heteroatoms. The second-order valence-corrected chi connectivity index (χ2v) is 6.46. The predicted octanol–water partition coefficient (Wildman–Crippen LogP) is 3.82. The van der Waals surface area contributed by atoms with Gasteiger partial charge in [-0.25, -0.2) is 0 Å². The van der Waals surface area contributed by atoms with E-state index in [1.54, 1.807) is 18.2 Å². The number of hydrogen-bond acceptors (Lipinski definition) is 4. The van der Waals surface area contributed by atoms with Crippen LogP contribution in [0.5, 0.6) is 5.75 Å². The fourth-order valence-electron chi connectivity index (χ4n) is 3.09. The topological polar surface area (TPSA) is 55.8 Å². The smallest absolute Gasteiger partial charge is 0.326 e. The molecule has 1 amide bonds. The molecule has 4 rings (SSSR count). The third kappa shape index (κ3) is 3.88. The molecular weight excluding hydrogens is 354 g/mol. The molecule has 5 nitrogen and oxygen atoms in total. The molecule has 0 saturated heterocycles. The van der Waals surface area contributed by atoms with Gasteiger partial charge in [-0.1, -0.05) is 66.7 Å². The van der Waals surface area contributed by atoms with E-state index in [9.17, 15) is 9.59 Å². The molecule has 0 atom stereocenters. The highest BCUT2D eigenvalue weighted by atomic mass is 16.5. The van der Waals surface area contributed by atoms with Gasteiger partial charge >= 0.3 is 5.97 Å². The van der Waals surface area contributed by atoms with Crippen LogP contribution in [0.2, 0.25) is 0 Å². The lowest BCUT2D eigenvalue weighted by atomic mass is 10.0. The van der Waals surface area contributed by atoms with Crippen LogP contribution >= 0.6 is 0 Å². The number of nitrogens with zero attached hydrogens (tertiary/aromatic N) is 1. The minimum atomic E-state index is -0.461. The van der Waals surface area contributed by atoms with E-state index >= 15 is 0 Å². The fourth-order valence-corrected chi connectivity index (χ4v) is 3.09. The predicted molar refractivity (Wildman–Crippen MR) is 106 cm³/mol. The summed E-state index contributed by atoms with van der Waals surface area (Å²) in [4.78, 5) is 25.8. The number of carbonyl (C=O) groups is 2. The van der Waals surface area contributed by atoms with E-state index in [-0.39, 0.29) is 25.7 Å². The summed E-state index contributed by atoms with van der Waals surface area (Å²) in [6.07, 6.45) is 0. The van der Waals surface area contributed by atoms with E-state index in [1.165, 1.54) is 4.90 Å². The molecule has 1 heterocycles. The SMILES string of the molecule is O=C(CN1C(=O)COc2ccccc21)OCc1ccc(-c2ccccc2)cc1. The molecule has 0 aliphatic carbocycles. The number of amides is 1. The quantitative estimate of drug-likeness (QED) is 0.638. The summed E-state index contributed by atoms with van der Waals surface area (Å²) in [5, 5.41) is 0. The highest BCUT2D eigenvalue weighted by Gasteiger charge is 2.27. The Kier molecular flexibility index (Phi) is 5.06. The lowest BCUT2D eigenvalue weighted by Gasteiger charge is -2.28. The average Bonchev–Trinajstić information content (AvgIpc) is 2.75. The molecular formula is C23H19NO4. The Morgan fingerprint density at radius 2 is 1.57 bits per heavy atom. The maximum atomic E-state index is 12.3. The number of hydrogen-bond donors (Lipinski definition) is 0.